The number of oxazole rings is 1. The van der Waals surface area contributed by atoms with Crippen LogP contribution in [-0.2, 0) is 0 Å². The van der Waals surface area contributed by atoms with Gasteiger partial charge < -0.3 is 9.73 Å². The van der Waals surface area contributed by atoms with Crippen molar-refractivity contribution in [1.29, 1.82) is 0 Å². The second kappa shape index (κ2) is 6.30. The lowest BCUT2D eigenvalue weighted by atomic mass is 9.92. The van der Waals surface area contributed by atoms with E-state index in [9.17, 15) is 0 Å². The van der Waals surface area contributed by atoms with Gasteiger partial charge in [0.2, 0.25) is 0 Å². The fourth-order valence-electron chi connectivity index (χ4n) is 1.20. The van der Waals surface area contributed by atoms with E-state index in [0.717, 1.165) is 29.8 Å². The summed E-state index contributed by atoms with van der Waals surface area (Å²) in [5.41, 5.74) is 1.36. The normalized spacial score (nSPS) is 12.0. The molecule has 0 spiro atoms. The summed E-state index contributed by atoms with van der Waals surface area (Å²) in [5.74, 6) is 1.00. The van der Waals surface area contributed by atoms with E-state index in [1.807, 2.05) is 6.92 Å². The van der Waals surface area contributed by atoms with Crippen LogP contribution in [0.3, 0.4) is 0 Å². The number of nitrogens with zero attached hydrogens (tertiary/aromatic N) is 1. The van der Waals surface area contributed by atoms with Gasteiger partial charge in [-0.3, -0.25) is 0 Å². The maximum absolute atomic E-state index is 5.25. The first kappa shape index (κ1) is 13.6. The zero-order chi connectivity index (χ0) is 12.0. The SMILES string of the molecule is Cc1coc(SCCNCCC(C)(C)C)n1. The first-order chi connectivity index (χ1) is 7.47. The van der Waals surface area contributed by atoms with Crippen LogP contribution >= 0.6 is 11.8 Å². The van der Waals surface area contributed by atoms with Gasteiger partial charge in [0.1, 0.15) is 6.26 Å². The zero-order valence-corrected chi connectivity index (χ0v) is 11.5. The molecule has 0 aliphatic rings. The Morgan fingerprint density at radius 2 is 2.12 bits per heavy atom. The Labute approximate surface area is 102 Å². The van der Waals surface area contributed by atoms with Crippen molar-refractivity contribution in [2.45, 2.75) is 39.3 Å². The van der Waals surface area contributed by atoms with Crippen LogP contribution in [0.25, 0.3) is 0 Å². The molecule has 0 radical (unpaired) electrons. The van der Waals surface area contributed by atoms with Gasteiger partial charge in [0.05, 0.1) is 5.69 Å². The highest BCUT2D eigenvalue weighted by Gasteiger charge is 2.08. The van der Waals surface area contributed by atoms with Gasteiger partial charge in [0.15, 0.2) is 0 Å². The van der Waals surface area contributed by atoms with E-state index in [-0.39, 0.29) is 0 Å². The molecule has 92 valence electrons. The highest BCUT2D eigenvalue weighted by Crippen LogP contribution is 2.17. The maximum atomic E-state index is 5.25. The van der Waals surface area contributed by atoms with Crippen LogP contribution in [0.5, 0.6) is 0 Å². The van der Waals surface area contributed by atoms with Crippen molar-refractivity contribution in [3.8, 4) is 0 Å². The zero-order valence-electron chi connectivity index (χ0n) is 10.7. The van der Waals surface area contributed by atoms with Crippen LogP contribution in [0.4, 0.5) is 0 Å². The number of thioether (sulfide) groups is 1. The fourth-order valence-corrected chi connectivity index (χ4v) is 1.94. The first-order valence-corrected chi connectivity index (χ1v) is 6.71. The van der Waals surface area contributed by atoms with Crippen LogP contribution in [0.15, 0.2) is 15.9 Å². The van der Waals surface area contributed by atoms with Gasteiger partial charge in [0.25, 0.3) is 5.22 Å². The molecular weight excluding hydrogens is 220 g/mol. The van der Waals surface area contributed by atoms with Crippen molar-refractivity contribution in [2.75, 3.05) is 18.8 Å². The van der Waals surface area contributed by atoms with Crippen molar-refractivity contribution in [2.24, 2.45) is 5.41 Å². The molecule has 0 saturated carbocycles. The molecule has 0 bridgehead atoms. The highest BCUT2D eigenvalue weighted by atomic mass is 32.2. The van der Waals surface area contributed by atoms with E-state index in [2.05, 4.69) is 31.1 Å². The molecule has 4 heteroatoms. The molecule has 0 unspecified atom stereocenters. The summed E-state index contributed by atoms with van der Waals surface area (Å²) < 4.78 is 5.25. The third kappa shape index (κ3) is 6.18. The molecule has 1 rings (SSSR count). The van der Waals surface area contributed by atoms with Gasteiger partial charge in [-0.15, -0.1) is 0 Å². The fraction of sp³-hybridized carbons (Fsp3) is 0.750. The van der Waals surface area contributed by atoms with Crippen LogP contribution in [0.2, 0.25) is 0 Å². The van der Waals surface area contributed by atoms with Crippen LogP contribution < -0.4 is 5.32 Å². The number of hydrogen-bond donors (Lipinski definition) is 1. The molecule has 0 aliphatic heterocycles. The van der Waals surface area contributed by atoms with Gasteiger partial charge in [0, 0.05) is 12.3 Å². The smallest absolute Gasteiger partial charge is 0.255 e. The van der Waals surface area contributed by atoms with Crippen LogP contribution in [0, 0.1) is 12.3 Å². The molecule has 0 atom stereocenters. The molecule has 1 N–H and O–H groups in total. The summed E-state index contributed by atoms with van der Waals surface area (Å²) in [6.07, 6.45) is 2.89. The molecule has 0 aromatic carbocycles. The number of aryl methyl sites for hydroxylation is 1. The Morgan fingerprint density at radius 1 is 1.38 bits per heavy atom. The molecule has 0 aliphatic carbocycles. The molecule has 0 saturated heterocycles. The van der Waals surface area contributed by atoms with E-state index in [4.69, 9.17) is 4.42 Å². The minimum absolute atomic E-state index is 0.416. The average molecular weight is 242 g/mol. The van der Waals surface area contributed by atoms with E-state index >= 15 is 0 Å². The van der Waals surface area contributed by atoms with Crippen molar-refractivity contribution in [3.63, 3.8) is 0 Å². The largest absolute Gasteiger partial charge is 0.440 e. The van der Waals surface area contributed by atoms with Gasteiger partial charge in [-0.25, -0.2) is 4.98 Å². The molecule has 0 fully saturated rings. The lowest BCUT2D eigenvalue weighted by Gasteiger charge is -2.17. The Balaban J connectivity index is 2.00. The summed E-state index contributed by atoms with van der Waals surface area (Å²) in [7, 11) is 0. The van der Waals surface area contributed by atoms with Gasteiger partial charge in [-0.05, 0) is 25.3 Å². The summed E-state index contributed by atoms with van der Waals surface area (Å²) in [6.45, 7) is 10.8. The Hall–Kier alpha value is -0.480. The second-order valence-corrected chi connectivity index (χ2v) is 6.21. The molecule has 1 aromatic rings. The summed E-state index contributed by atoms with van der Waals surface area (Å²) >= 11 is 1.66. The third-order valence-electron chi connectivity index (χ3n) is 2.15. The van der Waals surface area contributed by atoms with E-state index in [1.165, 1.54) is 6.42 Å². The summed E-state index contributed by atoms with van der Waals surface area (Å²) in [4.78, 5) is 4.24. The quantitative estimate of drug-likeness (QED) is 0.614. The topological polar surface area (TPSA) is 38.1 Å². The van der Waals surface area contributed by atoms with Crippen LogP contribution in [-0.4, -0.2) is 23.8 Å². The van der Waals surface area contributed by atoms with Gasteiger partial charge >= 0.3 is 0 Å². The van der Waals surface area contributed by atoms with Gasteiger partial charge in [-0.2, -0.15) is 0 Å². The van der Waals surface area contributed by atoms with Crippen molar-refractivity contribution < 1.29 is 4.42 Å². The van der Waals surface area contributed by atoms with Crippen molar-refractivity contribution in [1.82, 2.24) is 10.3 Å². The number of aromatic nitrogens is 1. The molecule has 1 aromatic heterocycles. The standard InChI is InChI=1S/C12H22N2OS/c1-10-9-15-11(14-10)16-8-7-13-6-5-12(2,3)4/h9,13H,5-8H2,1-4H3. The second-order valence-electron chi connectivity index (χ2n) is 5.16. The molecular formula is C12H22N2OS. The summed E-state index contributed by atoms with van der Waals surface area (Å²) in [6, 6.07) is 0. The van der Waals surface area contributed by atoms with E-state index < -0.39 is 0 Å². The lowest BCUT2D eigenvalue weighted by molar-refractivity contribution is 0.369. The van der Waals surface area contributed by atoms with Crippen LogP contribution in [0.1, 0.15) is 32.9 Å². The summed E-state index contributed by atoms with van der Waals surface area (Å²) in [5, 5.41) is 4.20. The number of rotatable bonds is 6. The molecule has 1 heterocycles. The Bertz CT molecular complexity index is 304. The first-order valence-electron chi connectivity index (χ1n) is 5.73. The number of hydrogen-bond acceptors (Lipinski definition) is 4. The monoisotopic (exact) mass is 242 g/mol. The van der Waals surface area contributed by atoms with E-state index in [0.29, 0.717) is 5.41 Å². The predicted octanol–water partition coefficient (Wildman–Crippen LogP) is 3.10. The molecule has 3 nitrogen and oxygen atoms in total. The highest BCUT2D eigenvalue weighted by molar-refractivity contribution is 7.99. The van der Waals surface area contributed by atoms with Crippen molar-refractivity contribution in [3.05, 3.63) is 12.0 Å². The Kier molecular flexibility index (Phi) is 5.35. The van der Waals surface area contributed by atoms with E-state index in [1.54, 1.807) is 18.0 Å². The predicted molar refractivity (Wildman–Crippen MR) is 68.9 cm³/mol. The van der Waals surface area contributed by atoms with Gasteiger partial charge in [-0.1, -0.05) is 32.5 Å². The number of nitrogens with one attached hydrogen (secondary N) is 1. The maximum Gasteiger partial charge on any atom is 0.255 e. The minimum Gasteiger partial charge on any atom is -0.440 e. The average Bonchev–Trinajstić information content (AvgIpc) is 2.56. The third-order valence-corrected chi connectivity index (χ3v) is 3.00. The lowest BCUT2D eigenvalue weighted by Crippen LogP contribution is -2.22. The molecule has 0 amide bonds. The van der Waals surface area contributed by atoms with Crippen molar-refractivity contribution >= 4 is 11.8 Å². The minimum atomic E-state index is 0.416. The molecule has 16 heavy (non-hydrogen) atoms. The Morgan fingerprint density at radius 3 is 2.69 bits per heavy atom.